The molecule has 5 nitrogen and oxygen atoms in total. The van der Waals surface area contributed by atoms with Crippen LogP contribution in [0.5, 0.6) is 0 Å². The molecule has 0 aliphatic rings. The Morgan fingerprint density at radius 1 is 1.33 bits per heavy atom. The van der Waals surface area contributed by atoms with E-state index >= 15 is 0 Å². The predicted molar refractivity (Wildman–Crippen MR) is 60.3 cm³/mol. The van der Waals surface area contributed by atoms with E-state index in [0.29, 0.717) is 5.56 Å². The first-order valence-electron chi connectivity index (χ1n) is 5.05. The van der Waals surface area contributed by atoms with Crippen LogP contribution < -0.4 is 0 Å². The van der Waals surface area contributed by atoms with Gasteiger partial charge in [-0.1, -0.05) is 0 Å². The van der Waals surface area contributed by atoms with Crippen molar-refractivity contribution in [2.75, 3.05) is 0 Å². The lowest BCUT2D eigenvalue weighted by atomic mass is 10.1. The molecule has 0 saturated carbocycles. The van der Waals surface area contributed by atoms with E-state index < -0.39 is 11.3 Å². The normalized spacial score (nSPS) is 10.9. The molecule has 0 saturated heterocycles. The molecule has 0 amide bonds. The molecule has 0 radical (unpaired) electrons. The second-order valence-electron chi connectivity index (χ2n) is 3.71. The molecule has 0 N–H and O–H groups in total. The summed E-state index contributed by atoms with van der Waals surface area (Å²) in [5, 5.41) is 14.4. The quantitative estimate of drug-likeness (QED) is 0.624. The van der Waals surface area contributed by atoms with Gasteiger partial charge in [-0.25, -0.2) is 8.78 Å². The molecule has 0 aliphatic carbocycles. The number of nitro groups is 1. The zero-order valence-electron chi connectivity index (χ0n) is 9.38. The second kappa shape index (κ2) is 4.52. The number of hydrogen-bond donors (Lipinski definition) is 0. The molecule has 2 aromatic rings. The van der Waals surface area contributed by atoms with Gasteiger partial charge in [0.15, 0.2) is 0 Å². The third-order valence-corrected chi connectivity index (χ3v) is 2.44. The second-order valence-corrected chi connectivity index (χ2v) is 3.71. The van der Waals surface area contributed by atoms with E-state index in [-0.39, 0.29) is 16.9 Å². The van der Waals surface area contributed by atoms with Crippen molar-refractivity contribution in [3.05, 3.63) is 46.1 Å². The third kappa shape index (κ3) is 2.20. The van der Waals surface area contributed by atoms with E-state index in [1.807, 2.05) is 0 Å². The van der Waals surface area contributed by atoms with Crippen LogP contribution in [-0.4, -0.2) is 14.7 Å². The van der Waals surface area contributed by atoms with Crippen LogP contribution in [-0.2, 0) is 7.05 Å². The van der Waals surface area contributed by atoms with Crippen molar-refractivity contribution in [1.29, 1.82) is 0 Å². The van der Waals surface area contributed by atoms with Gasteiger partial charge < -0.3 is 0 Å². The van der Waals surface area contributed by atoms with Gasteiger partial charge in [0.1, 0.15) is 5.69 Å². The summed E-state index contributed by atoms with van der Waals surface area (Å²) in [7, 11) is 1.54. The number of aryl methyl sites for hydroxylation is 1. The Kier molecular flexibility index (Phi) is 3.05. The van der Waals surface area contributed by atoms with Crippen molar-refractivity contribution in [2.24, 2.45) is 7.05 Å². The standard InChI is InChI=1S/C11H9F2N3O2/c1-15-6-9(11(12)13)10(14-15)7-2-4-8(5-3-7)16(17)18/h2-6,11H,1H3. The van der Waals surface area contributed by atoms with Crippen molar-refractivity contribution >= 4 is 5.69 Å². The number of benzene rings is 1. The van der Waals surface area contributed by atoms with Crippen LogP contribution in [0.4, 0.5) is 14.5 Å². The lowest BCUT2D eigenvalue weighted by Crippen LogP contribution is -1.90. The van der Waals surface area contributed by atoms with Gasteiger partial charge in [-0.15, -0.1) is 0 Å². The van der Waals surface area contributed by atoms with Crippen LogP contribution >= 0.6 is 0 Å². The Labute approximate surface area is 101 Å². The number of hydrogen-bond acceptors (Lipinski definition) is 3. The Bertz CT molecular complexity index is 578. The molecule has 1 aromatic heterocycles. The molecule has 2 rings (SSSR count). The molecule has 0 unspecified atom stereocenters. The monoisotopic (exact) mass is 253 g/mol. The maximum absolute atomic E-state index is 12.8. The number of non-ortho nitro benzene ring substituents is 1. The minimum atomic E-state index is -2.64. The third-order valence-electron chi connectivity index (χ3n) is 2.44. The van der Waals surface area contributed by atoms with Crippen molar-refractivity contribution < 1.29 is 13.7 Å². The fraction of sp³-hybridized carbons (Fsp3) is 0.182. The number of nitrogens with zero attached hydrogens (tertiary/aromatic N) is 3. The minimum Gasteiger partial charge on any atom is -0.275 e. The first kappa shape index (κ1) is 12.2. The number of nitro benzene ring substituents is 1. The molecule has 7 heteroatoms. The lowest BCUT2D eigenvalue weighted by Gasteiger charge is -2.00. The largest absolute Gasteiger partial charge is 0.275 e. The van der Waals surface area contributed by atoms with E-state index in [1.54, 1.807) is 7.05 Å². The number of rotatable bonds is 3. The van der Waals surface area contributed by atoms with Crippen LogP contribution in [0.1, 0.15) is 12.0 Å². The first-order valence-corrected chi connectivity index (χ1v) is 5.05. The number of halogens is 2. The van der Waals surface area contributed by atoms with Gasteiger partial charge in [-0.2, -0.15) is 5.10 Å². The lowest BCUT2D eigenvalue weighted by molar-refractivity contribution is -0.384. The molecule has 0 fully saturated rings. The average molecular weight is 253 g/mol. The van der Waals surface area contributed by atoms with E-state index in [1.165, 1.54) is 35.1 Å². The number of aromatic nitrogens is 2. The zero-order chi connectivity index (χ0) is 13.3. The van der Waals surface area contributed by atoms with Gasteiger partial charge in [0, 0.05) is 30.9 Å². The summed E-state index contributed by atoms with van der Waals surface area (Å²) >= 11 is 0. The van der Waals surface area contributed by atoms with Gasteiger partial charge in [-0.05, 0) is 12.1 Å². The maximum atomic E-state index is 12.8. The fourth-order valence-electron chi connectivity index (χ4n) is 1.63. The van der Waals surface area contributed by atoms with Crippen molar-refractivity contribution in [3.63, 3.8) is 0 Å². The van der Waals surface area contributed by atoms with E-state index in [4.69, 9.17) is 0 Å². The Balaban J connectivity index is 2.45. The van der Waals surface area contributed by atoms with Crippen LogP contribution in [0, 0.1) is 10.1 Å². The van der Waals surface area contributed by atoms with Gasteiger partial charge in [0.25, 0.3) is 12.1 Å². The highest BCUT2D eigenvalue weighted by Gasteiger charge is 2.18. The Morgan fingerprint density at radius 2 is 1.94 bits per heavy atom. The molecule has 94 valence electrons. The molecular formula is C11H9F2N3O2. The molecule has 0 atom stereocenters. The molecule has 18 heavy (non-hydrogen) atoms. The highest BCUT2D eigenvalue weighted by Crippen LogP contribution is 2.30. The Hall–Kier alpha value is -2.31. The van der Waals surface area contributed by atoms with E-state index in [0.717, 1.165) is 0 Å². The summed E-state index contributed by atoms with van der Waals surface area (Å²) in [6.07, 6.45) is -1.40. The smallest absolute Gasteiger partial charge is 0.269 e. The average Bonchev–Trinajstić information content (AvgIpc) is 2.71. The molecule has 0 aliphatic heterocycles. The predicted octanol–water partition coefficient (Wildman–Crippen LogP) is 2.93. The number of alkyl halides is 2. The highest BCUT2D eigenvalue weighted by molar-refractivity contribution is 5.64. The van der Waals surface area contributed by atoms with Crippen LogP contribution in [0.3, 0.4) is 0 Å². The minimum absolute atomic E-state index is 0.0896. The SMILES string of the molecule is Cn1cc(C(F)F)c(-c2ccc([N+](=O)[O-])cc2)n1. The molecule has 0 bridgehead atoms. The first-order chi connectivity index (χ1) is 8.49. The van der Waals surface area contributed by atoms with Crippen molar-refractivity contribution in [2.45, 2.75) is 6.43 Å². The van der Waals surface area contributed by atoms with Crippen LogP contribution in [0.25, 0.3) is 11.3 Å². The molecule has 1 aromatic carbocycles. The summed E-state index contributed by atoms with van der Waals surface area (Å²) in [6, 6.07) is 5.34. The summed E-state index contributed by atoms with van der Waals surface area (Å²) in [5.41, 5.74) is 0.290. The summed E-state index contributed by atoms with van der Waals surface area (Å²) in [6.45, 7) is 0. The van der Waals surface area contributed by atoms with Crippen molar-refractivity contribution in [1.82, 2.24) is 9.78 Å². The van der Waals surface area contributed by atoms with Crippen molar-refractivity contribution in [3.8, 4) is 11.3 Å². The van der Waals surface area contributed by atoms with Crippen LogP contribution in [0.2, 0.25) is 0 Å². The Morgan fingerprint density at radius 3 is 2.44 bits per heavy atom. The van der Waals surface area contributed by atoms with Gasteiger partial charge in [0.05, 0.1) is 10.5 Å². The van der Waals surface area contributed by atoms with E-state index in [9.17, 15) is 18.9 Å². The molecular weight excluding hydrogens is 244 g/mol. The topological polar surface area (TPSA) is 61.0 Å². The van der Waals surface area contributed by atoms with Crippen LogP contribution in [0.15, 0.2) is 30.5 Å². The summed E-state index contributed by atoms with van der Waals surface area (Å²) in [5.74, 6) is 0. The van der Waals surface area contributed by atoms with Gasteiger partial charge >= 0.3 is 0 Å². The summed E-state index contributed by atoms with van der Waals surface area (Å²) < 4.78 is 26.8. The van der Waals surface area contributed by atoms with Gasteiger partial charge in [-0.3, -0.25) is 14.8 Å². The highest BCUT2D eigenvalue weighted by atomic mass is 19.3. The van der Waals surface area contributed by atoms with Gasteiger partial charge in [0.2, 0.25) is 0 Å². The fourth-order valence-corrected chi connectivity index (χ4v) is 1.63. The zero-order valence-corrected chi connectivity index (χ0v) is 9.38. The molecule has 0 spiro atoms. The molecule has 1 heterocycles. The van der Waals surface area contributed by atoms with E-state index in [2.05, 4.69) is 5.10 Å². The maximum Gasteiger partial charge on any atom is 0.269 e. The summed E-state index contributed by atoms with van der Waals surface area (Å²) in [4.78, 5) is 9.95.